The fraction of sp³-hybridized carbons (Fsp3) is 0.562. The molecule has 1 aromatic rings. The summed E-state index contributed by atoms with van der Waals surface area (Å²) in [6.45, 7) is 7.10. The van der Waals surface area contributed by atoms with Gasteiger partial charge in [-0.05, 0) is 27.2 Å². The Balaban J connectivity index is 2.98. The first-order chi connectivity index (χ1) is 9.19. The normalized spacial score (nSPS) is 13.9. The van der Waals surface area contributed by atoms with Crippen LogP contribution in [0.25, 0.3) is 0 Å². The van der Waals surface area contributed by atoms with Crippen LogP contribution >= 0.6 is 0 Å². The summed E-state index contributed by atoms with van der Waals surface area (Å²) < 4.78 is 5.34. The molecule has 1 aromatic carbocycles. The Kier molecular flexibility index (Phi) is 5.31. The van der Waals surface area contributed by atoms with Crippen LogP contribution < -0.4 is 0 Å². The van der Waals surface area contributed by atoms with Gasteiger partial charge in [0.1, 0.15) is 0 Å². The third-order valence-corrected chi connectivity index (χ3v) is 3.06. The molecule has 0 saturated carbocycles. The molecule has 0 aromatic heterocycles. The van der Waals surface area contributed by atoms with Crippen molar-refractivity contribution in [3.63, 3.8) is 0 Å². The van der Waals surface area contributed by atoms with E-state index < -0.39 is 23.3 Å². The number of hydrogen-bond acceptors (Lipinski definition) is 4. The number of benzene rings is 1. The zero-order valence-corrected chi connectivity index (χ0v) is 12.6. The molecule has 1 rings (SSSR count). The lowest BCUT2D eigenvalue weighted by Crippen LogP contribution is -2.44. The highest BCUT2D eigenvalue weighted by Gasteiger charge is 2.40. The summed E-state index contributed by atoms with van der Waals surface area (Å²) in [5, 5.41) is 20.7. The number of ether oxygens (including phenoxy) is 1. The SMILES string of the molecule is CCCC(OC(=O)C(C)(C)C)C(O)(O)c1ccccc1. The van der Waals surface area contributed by atoms with Crippen molar-refractivity contribution in [2.75, 3.05) is 0 Å². The Bertz CT molecular complexity index is 432. The number of esters is 1. The fourth-order valence-electron chi connectivity index (χ4n) is 1.78. The minimum Gasteiger partial charge on any atom is -0.456 e. The fourth-order valence-corrected chi connectivity index (χ4v) is 1.78. The highest BCUT2D eigenvalue weighted by molar-refractivity contribution is 5.75. The topological polar surface area (TPSA) is 66.8 Å². The zero-order valence-electron chi connectivity index (χ0n) is 12.6. The molecule has 0 amide bonds. The summed E-state index contributed by atoms with van der Waals surface area (Å²) >= 11 is 0. The molecular weight excluding hydrogens is 256 g/mol. The number of rotatable bonds is 5. The first kappa shape index (κ1) is 16.7. The Morgan fingerprint density at radius 2 is 1.75 bits per heavy atom. The quantitative estimate of drug-likeness (QED) is 0.642. The van der Waals surface area contributed by atoms with Gasteiger partial charge in [-0.3, -0.25) is 4.79 Å². The predicted molar refractivity (Wildman–Crippen MR) is 76.8 cm³/mol. The van der Waals surface area contributed by atoms with E-state index >= 15 is 0 Å². The monoisotopic (exact) mass is 280 g/mol. The minimum atomic E-state index is -2.18. The van der Waals surface area contributed by atoms with Gasteiger partial charge >= 0.3 is 5.97 Å². The first-order valence-electron chi connectivity index (χ1n) is 6.91. The second-order valence-corrected chi connectivity index (χ2v) is 6.02. The summed E-state index contributed by atoms with van der Waals surface area (Å²) in [5.41, 5.74) is -0.362. The van der Waals surface area contributed by atoms with Gasteiger partial charge in [-0.25, -0.2) is 0 Å². The molecule has 1 atom stereocenters. The van der Waals surface area contributed by atoms with Crippen LogP contribution in [0, 0.1) is 5.41 Å². The van der Waals surface area contributed by atoms with Gasteiger partial charge in [0, 0.05) is 5.56 Å². The number of carbonyl (C=O) groups excluding carboxylic acids is 1. The average Bonchev–Trinajstić information content (AvgIpc) is 2.38. The van der Waals surface area contributed by atoms with Crippen molar-refractivity contribution in [3.05, 3.63) is 35.9 Å². The van der Waals surface area contributed by atoms with E-state index in [0.717, 1.165) is 0 Å². The van der Waals surface area contributed by atoms with E-state index in [1.165, 1.54) is 0 Å². The molecule has 0 radical (unpaired) electrons. The zero-order chi connectivity index (χ0) is 15.4. The van der Waals surface area contributed by atoms with Gasteiger partial charge in [-0.2, -0.15) is 0 Å². The Labute approximate surface area is 120 Å². The molecule has 4 heteroatoms. The molecule has 0 saturated heterocycles. The van der Waals surface area contributed by atoms with Gasteiger partial charge in [0.15, 0.2) is 6.10 Å². The second-order valence-electron chi connectivity index (χ2n) is 6.02. The van der Waals surface area contributed by atoms with Gasteiger partial charge in [0.05, 0.1) is 5.41 Å². The highest BCUT2D eigenvalue weighted by atomic mass is 16.6. The van der Waals surface area contributed by atoms with Crippen molar-refractivity contribution in [2.45, 2.75) is 52.4 Å². The highest BCUT2D eigenvalue weighted by Crippen LogP contribution is 2.29. The van der Waals surface area contributed by atoms with Crippen molar-refractivity contribution >= 4 is 5.97 Å². The maximum Gasteiger partial charge on any atom is 0.311 e. The van der Waals surface area contributed by atoms with E-state index in [2.05, 4.69) is 0 Å². The first-order valence-corrected chi connectivity index (χ1v) is 6.91. The number of aliphatic hydroxyl groups is 2. The summed E-state index contributed by atoms with van der Waals surface area (Å²) in [4.78, 5) is 12.0. The lowest BCUT2D eigenvalue weighted by molar-refractivity contribution is -0.249. The van der Waals surface area contributed by atoms with Gasteiger partial charge in [0.25, 0.3) is 0 Å². The molecule has 2 N–H and O–H groups in total. The third-order valence-electron chi connectivity index (χ3n) is 3.06. The molecule has 4 nitrogen and oxygen atoms in total. The second kappa shape index (κ2) is 6.37. The molecule has 1 unspecified atom stereocenters. The molecule has 112 valence electrons. The van der Waals surface area contributed by atoms with Crippen molar-refractivity contribution < 1.29 is 19.7 Å². The van der Waals surface area contributed by atoms with Gasteiger partial charge in [-0.1, -0.05) is 43.7 Å². The molecular formula is C16H24O4. The van der Waals surface area contributed by atoms with Gasteiger partial charge < -0.3 is 14.9 Å². The summed E-state index contributed by atoms with van der Waals surface area (Å²) in [6, 6.07) is 8.42. The third kappa shape index (κ3) is 4.05. The van der Waals surface area contributed by atoms with Crippen LogP contribution in [0.2, 0.25) is 0 Å². The lowest BCUT2D eigenvalue weighted by Gasteiger charge is -2.33. The van der Waals surface area contributed by atoms with E-state index in [4.69, 9.17) is 4.74 Å². The van der Waals surface area contributed by atoms with Crippen molar-refractivity contribution in [1.29, 1.82) is 0 Å². The number of hydrogen-bond donors (Lipinski definition) is 2. The smallest absolute Gasteiger partial charge is 0.311 e. The van der Waals surface area contributed by atoms with Crippen molar-refractivity contribution in [2.24, 2.45) is 5.41 Å². The molecule has 0 fully saturated rings. The van der Waals surface area contributed by atoms with E-state index in [1.54, 1.807) is 51.1 Å². The minimum absolute atomic E-state index is 0.320. The van der Waals surface area contributed by atoms with E-state index in [-0.39, 0.29) is 0 Å². The maximum absolute atomic E-state index is 12.0. The predicted octanol–water partition coefficient (Wildman–Crippen LogP) is 2.58. The van der Waals surface area contributed by atoms with Crippen molar-refractivity contribution in [1.82, 2.24) is 0 Å². The molecule has 0 aliphatic carbocycles. The van der Waals surface area contributed by atoms with Crippen LogP contribution in [-0.2, 0) is 15.3 Å². The lowest BCUT2D eigenvalue weighted by atomic mass is 9.94. The molecule has 0 aliphatic heterocycles. The summed E-state index contributed by atoms with van der Waals surface area (Å²) in [6.07, 6.45) is 0.0724. The van der Waals surface area contributed by atoms with Crippen LogP contribution in [0.1, 0.15) is 46.1 Å². The number of carbonyl (C=O) groups is 1. The Morgan fingerprint density at radius 3 is 2.20 bits per heavy atom. The molecule has 0 spiro atoms. The molecule has 20 heavy (non-hydrogen) atoms. The molecule has 0 bridgehead atoms. The van der Waals surface area contributed by atoms with E-state index in [9.17, 15) is 15.0 Å². The van der Waals surface area contributed by atoms with Gasteiger partial charge in [0.2, 0.25) is 5.79 Å². The van der Waals surface area contributed by atoms with E-state index in [0.29, 0.717) is 18.4 Å². The summed E-state index contributed by atoms with van der Waals surface area (Å²) in [7, 11) is 0. The van der Waals surface area contributed by atoms with Gasteiger partial charge in [-0.15, -0.1) is 0 Å². The van der Waals surface area contributed by atoms with E-state index in [1.807, 2.05) is 6.92 Å². The summed E-state index contributed by atoms with van der Waals surface area (Å²) in [5.74, 6) is -2.63. The maximum atomic E-state index is 12.0. The Hall–Kier alpha value is -1.39. The van der Waals surface area contributed by atoms with Crippen molar-refractivity contribution in [3.8, 4) is 0 Å². The van der Waals surface area contributed by atoms with Crippen LogP contribution in [0.4, 0.5) is 0 Å². The molecule has 0 aliphatic rings. The van der Waals surface area contributed by atoms with Crippen LogP contribution in [0.5, 0.6) is 0 Å². The van der Waals surface area contributed by atoms with Crippen LogP contribution in [-0.4, -0.2) is 22.3 Å². The largest absolute Gasteiger partial charge is 0.456 e. The standard InChI is InChI=1S/C16H24O4/c1-5-9-13(20-14(17)15(2,3)4)16(18,19)12-10-7-6-8-11-12/h6-8,10-11,13,18-19H,5,9H2,1-4H3. The van der Waals surface area contributed by atoms with Crippen LogP contribution in [0.15, 0.2) is 30.3 Å². The Morgan fingerprint density at radius 1 is 1.20 bits per heavy atom. The average molecular weight is 280 g/mol. The van der Waals surface area contributed by atoms with Crippen LogP contribution in [0.3, 0.4) is 0 Å². The molecule has 0 heterocycles.